The number of aliphatic hydroxyl groups excluding tert-OH is 3. The van der Waals surface area contributed by atoms with Crippen LogP contribution in [0, 0.1) is 6.92 Å². The molecule has 0 saturated carbocycles. The predicted molar refractivity (Wildman–Crippen MR) is 54.1 cm³/mol. The van der Waals surface area contributed by atoms with E-state index in [2.05, 4.69) is 0 Å². The summed E-state index contributed by atoms with van der Waals surface area (Å²) in [5, 5.41) is 27.6. The van der Waals surface area contributed by atoms with E-state index in [0.717, 1.165) is 11.1 Å². The van der Waals surface area contributed by atoms with E-state index in [1.807, 2.05) is 25.1 Å². The van der Waals surface area contributed by atoms with Crippen molar-refractivity contribution in [3.63, 3.8) is 0 Å². The first kappa shape index (κ1) is 11.2. The first-order chi connectivity index (χ1) is 6.68. The van der Waals surface area contributed by atoms with Crippen LogP contribution in [0.25, 0.3) is 0 Å². The minimum absolute atomic E-state index is 0.260. The second-order valence-corrected chi connectivity index (χ2v) is 3.62. The van der Waals surface area contributed by atoms with Crippen molar-refractivity contribution in [2.45, 2.75) is 12.3 Å². The van der Waals surface area contributed by atoms with E-state index in [4.69, 9.17) is 0 Å². The van der Waals surface area contributed by atoms with Gasteiger partial charge in [-0.3, -0.25) is 0 Å². The Hall–Kier alpha value is -0.900. The SMILES string of the molecule is Cc1cccc(C(CO)(CO)CO)c1. The quantitative estimate of drug-likeness (QED) is 0.645. The lowest BCUT2D eigenvalue weighted by molar-refractivity contribution is 0.0641. The van der Waals surface area contributed by atoms with Crippen LogP contribution >= 0.6 is 0 Å². The average molecular weight is 196 g/mol. The van der Waals surface area contributed by atoms with Crippen molar-refractivity contribution in [1.82, 2.24) is 0 Å². The second-order valence-electron chi connectivity index (χ2n) is 3.62. The molecule has 0 bridgehead atoms. The van der Waals surface area contributed by atoms with Crippen molar-refractivity contribution in [3.05, 3.63) is 35.4 Å². The maximum absolute atomic E-state index is 9.20. The van der Waals surface area contributed by atoms with Crippen molar-refractivity contribution in [2.24, 2.45) is 0 Å². The van der Waals surface area contributed by atoms with E-state index < -0.39 is 5.41 Å². The molecule has 0 heterocycles. The summed E-state index contributed by atoms with van der Waals surface area (Å²) in [4.78, 5) is 0. The van der Waals surface area contributed by atoms with Crippen molar-refractivity contribution >= 4 is 0 Å². The topological polar surface area (TPSA) is 60.7 Å². The molecule has 0 radical (unpaired) electrons. The fourth-order valence-corrected chi connectivity index (χ4v) is 1.40. The van der Waals surface area contributed by atoms with Gasteiger partial charge in [0, 0.05) is 0 Å². The largest absolute Gasteiger partial charge is 0.395 e. The molecule has 78 valence electrons. The lowest BCUT2D eigenvalue weighted by Gasteiger charge is -2.28. The van der Waals surface area contributed by atoms with Gasteiger partial charge < -0.3 is 15.3 Å². The number of benzene rings is 1. The summed E-state index contributed by atoms with van der Waals surface area (Å²) in [6.07, 6.45) is 0. The third-order valence-corrected chi connectivity index (χ3v) is 2.54. The van der Waals surface area contributed by atoms with Gasteiger partial charge in [-0.25, -0.2) is 0 Å². The summed E-state index contributed by atoms with van der Waals surface area (Å²) in [6, 6.07) is 7.44. The van der Waals surface area contributed by atoms with Crippen LogP contribution in [0.1, 0.15) is 11.1 Å². The molecule has 0 aliphatic carbocycles. The van der Waals surface area contributed by atoms with Gasteiger partial charge in [-0.1, -0.05) is 29.8 Å². The molecule has 0 amide bonds. The third kappa shape index (κ3) is 1.95. The molecule has 0 aromatic heterocycles. The minimum atomic E-state index is -0.925. The molecule has 3 N–H and O–H groups in total. The molecule has 3 nitrogen and oxygen atoms in total. The zero-order valence-corrected chi connectivity index (χ0v) is 8.27. The summed E-state index contributed by atoms with van der Waals surface area (Å²) >= 11 is 0. The zero-order chi connectivity index (χ0) is 10.6. The Labute approximate surface area is 83.6 Å². The van der Waals surface area contributed by atoms with E-state index in [9.17, 15) is 15.3 Å². The summed E-state index contributed by atoms with van der Waals surface area (Å²) in [5.41, 5.74) is 0.888. The fourth-order valence-electron chi connectivity index (χ4n) is 1.40. The van der Waals surface area contributed by atoms with E-state index in [1.165, 1.54) is 0 Å². The summed E-state index contributed by atoms with van der Waals surface area (Å²) in [7, 11) is 0. The Morgan fingerprint density at radius 1 is 1.07 bits per heavy atom. The number of hydrogen-bond acceptors (Lipinski definition) is 3. The average Bonchev–Trinajstić information content (AvgIpc) is 2.22. The van der Waals surface area contributed by atoms with Crippen molar-refractivity contribution in [3.8, 4) is 0 Å². The highest BCUT2D eigenvalue weighted by Gasteiger charge is 2.30. The summed E-state index contributed by atoms with van der Waals surface area (Å²) in [5.74, 6) is 0. The van der Waals surface area contributed by atoms with E-state index >= 15 is 0 Å². The highest BCUT2D eigenvalue weighted by atomic mass is 16.3. The van der Waals surface area contributed by atoms with Gasteiger partial charge in [0.2, 0.25) is 0 Å². The Morgan fingerprint density at radius 2 is 1.64 bits per heavy atom. The maximum Gasteiger partial charge on any atom is 0.0645 e. The predicted octanol–water partition coefficient (Wildman–Crippen LogP) is 0.210. The van der Waals surface area contributed by atoms with E-state index in [1.54, 1.807) is 6.07 Å². The molecule has 0 spiro atoms. The van der Waals surface area contributed by atoms with Crippen LogP contribution in [0.2, 0.25) is 0 Å². The van der Waals surface area contributed by atoms with Gasteiger partial charge in [0.25, 0.3) is 0 Å². The second kappa shape index (κ2) is 4.55. The first-order valence-corrected chi connectivity index (χ1v) is 4.58. The van der Waals surface area contributed by atoms with Gasteiger partial charge in [-0.2, -0.15) is 0 Å². The molecular formula is C11H16O3. The van der Waals surface area contributed by atoms with E-state index in [0.29, 0.717) is 0 Å². The van der Waals surface area contributed by atoms with Crippen LogP contribution in [0.3, 0.4) is 0 Å². The highest BCUT2D eigenvalue weighted by molar-refractivity contribution is 5.30. The normalized spacial score (nSPS) is 11.7. The molecule has 1 aromatic carbocycles. The lowest BCUT2D eigenvalue weighted by atomic mass is 9.82. The Balaban J connectivity index is 3.10. The van der Waals surface area contributed by atoms with Gasteiger partial charge in [0.1, 0.15) is 0 Å². The van der Waals surface area contributed by atoms with Crippen LogP contribution in [-0.2, 0) is 5.41 Å². The highest BCUT2D eigenvalue weighted by Crippen LogP contribution is 2.23. The molecule has 0 unspecified atom stereocenters. The first-order valence-electron chi connectivity index (χ1n) is 4.58. The van der Waals surface area contributed by atoms with Gasteiger partial charge in [-0.15, -0.1) is 0 Å². The van der Waals surface area contributed by atoms with Crippen LogP contribution < -0.4 is 0 Å². The van der Waals surface area contributed by atoms with Crippen LogP contribution in [0.15, 0.2) is 24.3 Å². The van der Waals surface area contributed by atoms with Gasteiger partial charge in [0.15, 0.2) is 0 Å². The summed E-state index contributed by atoms with van der Waals surface area (Å²) in [6.45, 7) is 1.15. The molecule has 1 aromatic rings. The molecular weight excluding hydrogens is 180 g/mol. The molecule has 3 heteroatoms. The fraction of sp³-hybridized carbons (Fsp3) is 0.455. The van der Waals surface area contributed by atoms with E-state index in [-0.39, 0.29) is 19.8 Å². The molecule has 0 atom stereocenters. The van der Waals surface area contributed by atoms with Crippen LogP contribution in [-0.4, -0.2) is 35.1 Å². The Morgan fingerprint density at radius 3 is 2.07 bits per heavy atom. The number of hydrogen-bond donors (Lipinski definition) is 3. The minimum Gasteiger partial charge on any atom is -0.395 e. The number of aryl methyl sites for hydroxylation is 1. The van der Waals surface area contributed by atoms with Crippen molar-refractivity contribution in [1.29, 1.82) is 0 Å². The molecule has 0 aliphatic rings. The smallest absolute Gasteiger partial charge is 0.0645 e. The standard InChI is InChI=1S/C11H16O3/c1-9-3-2-4-10(5-9)11(6-12,7-13)8-14/h2-5,12-14H,6-8H2,1H3. The number of aliphatic hydroxyl groups is 3. The van der Waals surface area contributed by atoms with Crippen molar-refractivity contribution < 1.29 is 15.3 Å². The summed E-state index contributed by atoms with van der Waals surface area (Å²) < 4.78 is 0. The third-order valence-electron chi connectivity index (χ3n) is 2.54. The monoisotopic (exact) mass is 196 g/mol. The zero-order valence-electron chi connectivity index (χ0n) is 8.27. The van der Waals surface area contributed by atoms with Crippen LogP contribution in [0.5, 0.6) is 0 Å². The Kier molecular flexibility index (Phi) is 3.63. The molecule has 0 fully saturated rings. The lowest BCUT2D eigenvalue weighted by Crippen LogP contribution is -2.38. The van der Waals surface area contributed by atoms with Crippen LogP contribution in [0.4, 0.5) is 0 Å². The van der Waals surface area contributed by atoms with Gasteiger partial charge in [0.05, 0.1) is 25.2 Å². The maximum atomic E-state index is 9.20. The molecule has 0 aliphatic heterocycles. The van der Waals surface area contributed by atoms with Gasteiger partial charge in [-0.05, 0) is 12.5 Å². The van der Waals surface area contributed by atoms with Crippen molar-refractivity contribution in [2.75, 3.05) is 19.8 Å². The molecule has 1 rings (SSSR count). The van der Waals surface area contributed by atoms with Gasteiger partial charge >= 0.3 is 0 Å². The Bertz CT molecular complexity index is 284. The molecule has 0 saturated heterocycles. The number of rotatable bonds is 4. The molecule has 14 heavy (non-hydrogen) atoms.